The summed E-state index contributed by atoms with van der Waals surface area (Å²) in [5, 5.41) is 11.0. The number of halogens is 6. The van der Waals surface area contributed by atoms with E-state index in [4.69, 9.17) is 0 Å². The molecule has 0 unspecified atom stereocenters. The number of hydrogen-bond acceptors (Lipinski definition) is 3. The molecule has 11 heteroatoms. The van der Waals surface area contributed by atoms with E-state index in [0.717, 1.165) is 4.46 Å². The number of benzene rings is 1. The molecule has 1 rings (SSSR count). The van der Waals surface area contributed by atoms with Gasteiger partial charge in [-0.2, -0.15) is 0 Å². The first-order valence-electron chi connectivity index (χ1n) is 7.01. The van der Waals surface area contributed by atoms with Crippen molar-refractivity contribution >= 4 is 25.4 Å². The van der Waals surface area contributed by atoms with Crippen LogP contribution >= 0.6 is 0 Å². The van der Waals surface area contributed by atoms with Crippen molar-refractivity contribution in [2.75, 3.05) is 0 Å². The molecule has 1 atom stereocenters. The molecule has 0 N–H and O–H groups in total. The average molecular weight is 450 g/mol. The number of rotatable bonds is 8. The Morgan fingerprint density at radius 1 is 1.04 bits per heavy atom. The van der Waals surface area contributed by atoms with Gasteiger partial charge in [0.2, 0.25) is 0 Å². The third-order valence-corrected chi connectivity index (χ3v) is 4.84. The molecule has 0 aliphatic rings. The van der Waals surface area contributed by atoms with Crippen molar-refractivity contribution < 1.29 is 46.0 Å². The van der Waals surface area contributed by atoms with Gasteiger partial charge in [0, 0.05) is 0 Å². The van der Waals surface area contributed by atoms with Crippen molar-refractivity contribution in [2.24, 2.45) is 0 Å². The molecule has 4 nitrogen and oxygen atoms in total. The maximum absolute atomic E-state index is 12.3. The van der Waals surface area contributed by atoms with Crippen LogP contribution in [0.2, 0.25) is 5.32 Å². The second-order valence-electron chi connectivity index (χ2n) is 4.82. The Labute approximate surface area is 150 Å². The van der Waals surface area contributed by atoms with Crippen LogP contribution in [0.5, 0.6) is 0 Å². The van der Waals surface area contributed by atoms with Gasteiger partial charge in [0.1, 0.15) is 0 Å². The molecule has 0 aliphatic heterocycles. The maximum atomic E-state index is 12.3. The topological polar surface area (TPSA) is 55.4 Å². The van der Waals surface area contributed by atoms with E-state index in [1.807, 2.05) is 30.3 Å². The number of ether oxygens (including phenoxy) is 1. The Bertz CT molecular complexity index is 574. The van der Waals surface area contributed by atoms with Crippen molar-refractivity contribution in [3.8, 4) is 0 Å². The Morgan fingerprint density at radius 3 is 2.12 bits per heavy atom. The monoisotopic (exact) mass is 451 g/mol. The third-order valence-electron chi connectivity index (χ3n) is 2.81. The summed E-state index contributed by atoms with van der Waals surface area (Å²) in [6.45, 7) is 0. The van der Waals surface area contributed by atoms with Crippen molar-refractivity contribution in [3.63, 3.8) is 0 Å². The molecule has 1 aromatic carbocycles. The van der Waals surface area contributed by atoms with E-state index in [-0.39, 0.29) is 15.0 Å². The SMILES string of the molecule is [O]O[C@H](C/C=C/C[Se]c1ccccc1)C(=O)OC(C(F)(F)F)C(F)(F)F. The molecule has 0 saturated heterocycles. The van der Waals surface area contributed by atoms with Crippen LogP contribution < -0.4 is 4.46 Å². The molecule has 0 saturated carbocycles. The first-order chi connectivity index (χ1) is 12.1. The van der Waals surface area contributed by atoms with Crippen LogP contribution in [0.4, 0.5) is 26.3 Å². The van der Waals surface area contributed by atoms with E-state index in [1.165, 1.54) is 6.08 Å². The van der Waals surface area contributed by atoms with Gasteiger partial charge in [-0.25, -0.2) is 0 Å². The predicted octanol–water partition coefficient (Wildman–Crippen LogP) is 3.15. The van der Waals surface area contributed by atoms with Gasteiger partial charge in [0.15, 0.2) is 0 Å². The predicted molar refractivity (Wildman–Crippen MR) is 77.9 cm³/mol. The molecule has 0 heterocycles. The van der Waals surface area contributed by atoms with Crippen molar-refractivity contribution in [2.45, 2.75) is 36.3 Å². The van der Waals surface area contributed by atoms with E-state index in [0.29, 0.717) is 5.32 Å². The first-order valence-corrected chi connectivity index (χ1v) is 9.08. The van der Waals surface area contributed by atoms with E-state index < -0.39 is 37.0 Å². The molecular formula is C15H13F6O4Se. The van der Waals surface area contributed by atoms with E-state index in [1.54, 1.807) is 6.08 Å². The zero-order valence-electron chi connectivity index (χ0n) is 12.9. The summed E-state index contributed by atoms with van der Waals surface area (Å²) in [4.78, 5) is 14.8. The van der Waals surface area contributed by atoms with Gasteiger partial charge in [0.05, 0.1) is 0 Å². The fraction of sp³-hybridized carbons (Fsp3) is 0.400. The van der Waals surface area contributed by atoms with E-state index in [2.05, 4.69) is 9.62 Å². The van der Waals surface area contributed by atoms with E-state index >= 15 is 0 Å². The zero-order chi connectivity index (χ0) is 19.8. The average Bonchev–Trinajstić information content (AvgIpc) is 2.54. The van der Waals surface area contributed by atoms with Crippen LogP contribution in [-0.2, 0) is 19.7 Å². The van der Waals surface area contributed by atoms with Crippen molar-refractivity contribution in [1.29, 1.82) is 0 Å². The van der Waals surface area contributed by atoms with Crippen LogP contribution in [0, 0.1) is 0 Å². The zero-order valence-corrected chi connectivity index (χ0v) is 14.6. The van der Waals surface area contributed by atoms with Gasteiger partial charge in [-0.3, -0.25) is 0 Å². The molecule has 145 valence electrons. The normalized spacial score (nSPS) is 14.0. The summed E-state index contributed by atoms with van der Waals surface area (Å²) >= 11 is 0.0454. The summed E-state index contributed by atoms with van der Waals surface area (Å²) < 4.78 is 78.5. The Kier molecular flexibility index (Phi) is 8.61. The van der Waals surface area contributed by atoms with Crippen LogP contribution in [-0.4, -0.2) is 45.5 Å². The van der Waals surface area contributed by atoms with Gasteiger partial charge in [-0.05, 0) is 0 Å². The van der Waals surface area contributed by atoms with E-state index in [9.17, 15) is 36.4 Å². The quantitative estimate of drug-likeness (QED) is 0.153. The summed E-state index contributed by atoms with van der Waals surface area (Å²) in [6.07, 6.45) is -15.8. The standard InChI is InChI=1S/C15H13F6O4Se/c16-14(17,18)13(15(19,20)21)24-12(22)11(25-23)8-4-5-9-26-10-6-2-1-3-7-10/h1-7,11,13H,8-9H2/b5-4+/t11-/m1/s1. The molecule has 26 heavy (non-hydrogen) atoms. The molecular weight excluding hydrogens is 437 g/mol. The fourth-order valence-corrected chi connectivity index (χ4v) is 3.26. The molecule has 0 aromatic heterocycles. The molecule has 0 spiro atoms. The minimum absolute atomic E-state index is 0.0454. The second kappa shape index (κ2) is 9.96. The molecule has 0 amide bonds. The summed E-state index contributed by atoms with van der Waals surface area (Å²) in [6, 6.07) is 9.31. The minimum atomic E-state index is -5.85. The Morgan fingerprint density at radius 2 is 1.62 bits per heavy atom. The van der Waals surface area contributed by atoms with Gasteiger partial charge < -0.3 is 0 Å². The van der Waals surface area contributed by atoms with Crippen molar-refractivity contribution in [1.82, 2.24) is 0 Å². The number of allylic oxidation sites excluding steroid dienone is 1. The number of carbonyl (C=O) groups is 1. The van der Waals surface area contributed by atoms with Crippen LogP contribution in [0.1, 0.15) is 6.42 Å². The van der Waals surface area contributed by atoms with Gasteiger partial charge >= 0.3 is 150 Å². The van der Waals surface area contributed by atoms with Gasteiger partial charge in [-0.15, -0.1) is 0 Å². The summed E-state index contributed by atoms with van der Waals surface area (Å²) in [5.41, 5.74) is 0. The first kappa shape index (κ1) is 22.5. The molecule has 1 aromatic rings. The van der Waals surface area contributed by atoms with Gasteiger partial charge in [-0.1, -0.05) is 0 Å². The van der Waals surface area contributed by atoms with Crippen LogP contribution in [0.25, 0.3) is 0 Å². The Balaban J connectivity index is 2.56. The molecule has 0 aliphatic carbocycles. The summed E-state index contributed by atoms with van der Waals surface area (Å²) in [5.74, 6) is -2.03. The van der Waals surface area contributed by atoms with Crippen LogP contribution in [0.15, 0.2) is 42.5 Å². The third kappa shape index (κ3) is 7.77. The molecule has 0 fully saturated rings. The molecule has 0 bridgehead atoms. The van der Waals surface area contributed by atoms with Gasteiger partial charge in [0.25, 0.3) is 0 Å². The number of carbonyl (C=O) groups excluding carboxylic acids is 1. The number of hydrogen-bond donors (Lipinski definition) is 0. The fourth-order valence-electron chi connectivity index (χ4n) is 1.63. The van der Waals surface area contributed by atoms with Crippen LogP contribution in [0.3, 0.4) is 0 Å². The summed E-state index contributed by atoms with van der Waals surface area (Å²) in [7, 11) is 0. The Hall–Kier alpha value is -1.55. The number of esters is 1. The van der Waals surface area contributed by atoms with Crippen molar-refractivity contribution in [3.05, 3.63) is 42.5 Å². The second-order valence-corrected chi connectivity index (χ2v) is 7.11. The molecule has 1 radical (unpaired) electrons. The number of alkyl halides is 6.